The highest BCUT2D eigenvalue weighted by Gasteiger charge is 2.29. The molecule has 0 aliphatic rings. The Morgan fingerprint density at radius 3 is 2.61 bits per heavy atom. The number of carbonyl (C=O) groups is 1. The van der Waals surface area contributed by atoms with Crippen molar-refractivity contribution in [1.29, 1.82) is 0 Å². The zero-order valence-corrected chi connectivity index (χ0v) is 18.0. The van der Waals surface area contributed by atoms with Crippen LogP contribution in [0.15, 0.2) is 64.0 Å². The maximum absolute atomic E-state index is 12.5. The lowest BCUT2D eigenvalue weighted by Gasteiger charge is -2.05. The molecule has 0 amide bonds. The maximum atomic E-state index is 12.5. The molecule has 0 bridgehead atoms. The zero-order valence-electron chi connectivity index (χ0n) is 17.2. The van der Waals surface area contributed by atoms with E-state index in [1.54, 1.807) is 28.9 Å². The molecule has 0 fully saturated rings. The van der Waals surface area contributed by atoms with Crippen LogP contribution in [-0.2, 0) is 13.0 Å². The van der Waals surface area contributed by atoms with E-state index in [2.05, 4.69) is 15.2 Å². The van der Waals surface area contributed by atoms with Crippen LogP contribution in [0, 0.1) is 6.92 Å². The first-order valence-corrected chi connectivity index (χ1v) is 10.6. The number of thioether (sulfide) groups is 1. The molecule has 33 heavy (non-hydrogen) atoms. The van der Waals surface area contributed by atoms with Gasteiger partial charge < -0.3 is 9.63 Å². The Balaban J connectivity index is 1.46. The van der Waals surface area contributed by atoms with Gasteiger partial charge in [-0.25, -0.2) is 4.79 Å². The Morgan fingerprint density at radius 1 is 1.15 bits per heavy atom. The third kappa shape index (κ3) is 5.61. The molecular weight excluding hydrogens is 457 g/mol. The molecule has 0 aliphatic heterocycles. The average molecular weight is 474 g/mol. The van der Waals surface area contributed by atoms with E-state index in [0.717, 1.165) is 11.3 Å². The van der Waals surface area contributed by atoms with Crippen LogP contribution in [0.25, 0.3) is 23.0 Å². The van der Waals surface area contributed by atoms with Crippen molar-refractivity contribution in [3.8, 4) is 23.0 Å². The molecule has 0 radical (unpaired) electrons. The molecule has 4 aromatic rings. The minimum Gasteiger partial charge on any atom is -0.478 e. The first kappa shape index (κ1) is 22.6. The van der Waals surface area contributed by atoms with Crippen molar-refractivity contribution in [2.75, 3.05) is 0 Å². The molecule has 11 heteroatoms. The molecule has 7 nitrogen and oxygen atoms in total. The summed E-state index contributed by atoms with van der Waals surface area (Å²) in [5.74, 6) is -0.546. The van der Waals surface area contributed by atoms with Gasteiger partial charge in [0.15, 0.2) is 5.69 Å². The number of carboxylic acid groups (broad SMARTS) is 1. The minimum absolute atomic E-state index is 0.0678. The molecule has 0 atom stereocenters. The van der Waals surface area contributed by atoms with Crippen LogP contribution in [-0.4, -0.2) is 36.5 Å². The maximum Gasteiger partial charge on any atom is 0.446 e. The number of nitrogens with zero attached hydrogens (tertiary/aromatic N) is 4. The molecule has 170 valence electrons. The number of aromatic carboxylic acids is 1. The van der Waals surface area contributed by atoms with Gasteiger partial charge >= 0.3 is 11.5 Å². The number of halogens is 3. The molecule has 0 aliphatic carbocycles. The second-order valence-electron chi connectivity index (χ2n) is 7.14. The van der Waals surface area contributed by atoms with Gasteiger partial charge in [-0.05, 0) is 73.1 Å². The molecule has 2 heterocycles. The van der Waals surface area contributed by atoms with Crippen molar-refractivity contribution in [2.45, 2.75) is 30.3 Å². The Labute approximate surface area is 190 Å². The summed E-state index contributed by atoms with van der Waals surface area (Å²) in [5.41, 5.74) is -1.41. The van der Waals surface area contributed by atoms with Gasteiger partial charge in [-0.15, -0.1) is 0 Å². The Morgan fingerprint density at radius 2 is 1.91 bits per heavy atom. The van der Waals surface area contributed by atoms with E-state index in [1.807, 2.05) is 13.0 Å². The number of benzene rings is 2. The number of aryl methyl sites for hydroxylation is 3. The third-order valence-corrected chi connectivity index (χ3v) is 5.50. The van der Waals surface area contributed by atoms with Crippen LogP contribution in [0.5, 0.6) is 0 Å². The number of aromatic nitrogens is 4. The van der Waals surface area contributed by atoms with E-state index in [4.69, 9.17) is 9.63 Å². The van der Waals surface area contributed by atoms with Gasteiger partial charge in [-0.1, -0.05) is 17.3 Å². The summed E-state index contributed by atoms with van der Waals surface area (Å²) in [4.78, 5) is 15.5. The first-order valence-electron chi connectivity index (χ1n) is 9.75. The number of carboxylic acids is 1. The molecular formula is C22H17F3N4O3S. The molecule has 0 unspecified atom stereocenters. The van der Waals surface area contributed by atoms with Gasteiger partial charge in [0, 0.05) is 22.7 Å². The van der Waals surface area contributed by atoms with Gasteiger partial charge in [0.05, 0.1) is 5.56 Å². The van der Waals surface area contributed by atoms with Crippen molar-refractivity contribution in [1.82, 2.24) is 19.9 Å². The lowest BCUT2D eigenvalue weighted by atomic mass is 10.1. The molecule has 2 aromatic carbocycles. The lowest BCUT2D eigenvalue weighted by molar-refractivity contribution is -0.0328. The standard InChI is InChI=1S/C22H17F3N4O3S/c1-13-11-18(27-29(13)10-9-14-3-2-4-16(12-14)21(30)31)20-26-19(28-32-20)15-5-7-17(8-6-15)33-22(23,24)25/h2-8,11-12H,9-10H2,1H3,(H,30,31). The van der Waals surface area contributed by atoms with E-state index >= 15 is 0 Å². The highest BCUT2D eigenvalue weighted by molar-refractivity contribution is 8.00. The van der Waals surface area contributed by atoms with Crippen LogP contribution in [0.3, 0.4) is 0 Å². The Kier molecular flexibility index (Phi) is 6.23. The van der Waals surface area contributed by atoms with Crippen LogP contribution >= 0.6 is 11.8 Å². The summed E-state index contributed by atoms with van der Waals surface area (Å²) < 4.78 is 44.5. The van der Waals surface area contributed by atoms with Crippen molar-refractivity contribution >= 4 is 17.7 Å². The van der Waals surface area contributed by atoms with Crippen molar-refractivity contribution in [2.24, 2.45) is 0 Å². The van der Waals surface area contributed by atoms with Crippen LogP contribution in [0.2, 0.25) is 0 Å². The molecule has 0 saturated carbocycles. The summed E-state index contributed by atoms with van der Waals surface area (Å²) in [6.45, 7) is 2.40. The summed E-state index contributed by atoms with van der Waals surface area (Å²) in [6.07, 6.45) is 0.584. The van der Waals surface area contributed by atoms with Crippen molar-refractivity contribution in [3.05, 3.63) is 71.4 Å². The summed E-state index contributed by atoms with van der Waals surface area (Å²) in [5, 5.41) is 17.5. The van der Waals surface area contributed by atoms with Gasteiger partial charge in [0.2, 0.25) is 5.82 Å². The number of hydrogen-bond acceptors (Lipinski definition) is 6. The smallest absolute Gasteiger partial charge is 0.446 e. The van der Waals surface area contributed by atoms with E-state index in [0.29, 0.717) is 24.2 Å². The molecule has 4 rings (SSSR count). The van der Waals surface area contributed by atoms with Gasteiger partial charge in [-0.3, -0.25) is 4.68 Å². The highest BCUT2D eigenvalue weighted by Crippen LogP contribution is 2.37. The van der Waals surface area contributed by atoms with Crippen molar-refractivity contribution < 1.29 is 27.6 Å². The van der Waals surface area contributed by atoms with E-state index in [-0.39, 0.29) is 33.9 Å². The first-order chi connectivity index (χ1) is 15.7. The molecule has 0 spiro atoms. The molecule has 0 saturated heterocycles. The Bertz CT molecular complexity index is 1280. The normalized spacial score (nSPS) is 11.6. The van der Waals surface area contributed by atoms with E-state index in [1.165, 1.54) is 24.3 Å². The number of alkyl halides is 3. The fourth-order valence-corrected chi connectivity index (χ4v) is 3.73. The Hall–Kier alpha value is -3.60. The third-order valence-electron chi connectivity index (χ3n) is 4.76. The van der Waals surface area contributed by atoms with Gasteiger partial charge in [-0.2, -0.15) is 23.3 Å². The second-order valence-corrected chi connectivity index (χ2v) is 8.28. The van der Waals surface area contributed by atoms with Crippen LogP contribution < -0.4 is 0 Å². The van der Waals surface area contributed by atoms with Crippen molar-refractivity contribution in [3.63, 3.8) is 0 Å². The quantitative estimate of drug-likeness (QED) is 0.355. The minimum atomic E-state index is -4.35. The highest BCUT2D eigenvalue weighted by atomic mass is 32.2. The summed E-state index contributed by atoms with van der Waals surface area (Å²) in [7, 11) is 0. The second kappa shape index (κ2) is 9.10. The monoisotopic (exact) mass is 474 g/mol. The largest absolute Gasteiger partial charge is 0.478 e. The van der Waals surface area contributed by atoms with Gasteiger partial charge in [0.1, 0.15) is 0 Å². The predicted molar refractivity (Wildman–Crippen MR) is 115 cm³/mol. The number of rotatable bonds is 7. The van der Waals surface area contributed by atoms with Gasteiger partial charge in [0.25, 0.3) is 5.89 Å². The average Bonchev–Trinajstić information content (AvgIpc) is 3.39. The van der Waals surface area contributed by atoms with Crippen LogP contribution in [0.1, 0.15) is 21.6 Å². The topological polar surface area (TPSA) is 94.0 Å². The van der Waals surface area contributed by atoms with E-state index in [9.17, 15) is 18.0 Å². The lowest BCUT2D eigenvalue weighted by Crippen LogP contribution is -2.06. The summed E-state index contributed by atoms with van der Waals surface area (Å²) >= 11 is -0.190. The summed E-state index contributed by atoms with van der Waals surface area (Å²) in [6, 6.07) is 14.2. The SMILES string of the molecule is Cc1cc(-c2nc(-c3ccc(SC(F)(F)F)cc3)no2)nn1CCc1cccc(C(=O)O)c1. The fraction of sp³-hybridized carbons (Fsp3) is 0.182. The van der Waals surface area contributed by atoms with Crippen LogP contribution in [0.4, 0.5) is 13.2 Å². The molecule has 1 N–H and O–H groups in total. The molecule has 2 aromatic heterocycles. The fourth-order valence-electron chi connectivity index (χ4n) is 3.19. The number of hydrogen-bond donors (Lipinski definition) is 1. The predicted octanol–water partition coefficient (Wildman–Crippen LogP) is 5.46. The van der Waals surface area contributed by atoms with E-state index < -0.39 is 11.5 Å². The zero-order chi connectivity index (χ0) is 23.6.